The third-order valence-electron chi connectivity index (χ3n) is 6.44. The van der Waals surface area contributed by atoms with Gasteiger partial charge in [0.2, 0.25) is 11.8 Å². The van der Waals surface area contributed by atoms with Gasteiger partial charge in [0.15, 0.2) is 0 Å². The highest BCUT2D eigenvalue weighted by molar-refractivity contribution is 6.30. The number of ether oxygens (including phenoxy) is 1. The van der Waals surface area contributed by atoms with E-state index >= 15 is 0 Å². The topological polar surface area (TPSA) is 58.6 Å². The van der Waals surface area contributed by atoms with Crippen LogP contribution in [0.5, 0.6) is 5.75 Å². The maximum absolute atomic E-state index is 13.3. The van der Waals surface area contributed by atoms with E-state index in [1.807, 2.05) is 37.3 Å². The first-order valence-electron chi connectivity index (χ1n) is 12.6. The molecule has 5 nitrogen and oxygen atoms in total. The number of nitrogens with one attached hydrogen (secondary N) is 1. The van der Waals surface area contributed by atoms with E-state index in [4.69, 9.17) is 16.3 Å². The van der Waals surface area contributed by atoms with Gasteiger partial charge in [-0.25, -0.2) is 0 Å². The number of hydrogen-bond acceptors (Lipinski definition) is 3. The van der Waals surface area contributed by atoms with E-state index in [0.29, 0.717) is 37.4 Å². The second-order valence-corrected chi connectivity index (χ2v) is 9.43. The molecule has 1 atom stereocenters. The molecule has 0 unspecified atom stereocenters. The molecule has 6 heteroatoms. The molecule has 184 valence electrons. The number of carbonyl (C=O) groups excluding carboxylic acids is 2. The Kier molecular flexibility index (Phi) is 10.7. The standard InChI is InChI=1S/C28H37ClN2O3/c1-2-26(28(33)30-24-12-7-4-8-13-24)31(20-19-22-10-5-3-6-11-22)27(32)14-9-21-34-25-17-15-23(29)16-18-25/h3,5-6,10-11,15-18,24,26H,2,4,7-9,12-14,19-21H2,1H3,(H,30,33)/t26-/m1/s1. The zero-order chi connectivity index (χ0) is 24.2. The zero-order valence-corrected chi connectivity index (χ0v) is 20.9. The third kappa shape index (κ3) is 8.35. The van der Waals surface area contributed by atoms with E-state index in [2.05, 4.69) is 17.4 Å². The predicted octanol–water partition coefficient (Wildman–Crippen LogP) is 5.80. The Labute approximate surface area is 208 Å². The average molecular weight is 485 g/mol. The minimum Gasteiger partial charge on any atom is -0.494 e. The van der Waals surface area contributed by atoms with Crippen molar-refractivity contribution in [3.05, 3.63) is 65.2 Å². The van der Waals surface area contributed by atoms with Crippen LogP contribution in [0.2, 0.25) is 5.02 Å². The molecule has 2 amide bonds. The van der Waals surface area contributed by atoms with Crippen LogP contribution in [0.3, 0.4) is 0 Å². The highest BCUT2D eigenvalue weighted by Gasteiger charge is 2.29. The van der Waals surface area contributed by atoms with Crippen LogP contribution >= 0.6 is 11.6 Å². The minimum absolute atomic E-state index is 0.00119. The zero-order valence-electron chi connectivity index (χ0n) is 20.2. The van der Waals surface area contributed by atoms with Gasteiger partial charge in [-0.3, -0.25) is 9.59 Å². The molecule has 1 aliphatic rings. The third-order valence-corrected chi connectivity index (χ3v) is 6.69. The van der Waals surface area contributed by atoms with Gasteiger partial charge in [-0.15, -0.1) is 0 Å². The van der Waals surface area contributed by atoms with Crippen molar-refractivity contribution in [3.63, 3.8) is 0 Å². The Hall–Kier alpha value is -2.53. The van der Waals surface area contributed by atoms with Crippen molar-refractivity contribution in [1.29, 1.82) is 0 Å². The lowest BCUT2D eigenvalue weighted by molar-refractivity contribution is -0.141. The molecule has 0 aliphatic heterocycles. The molecule has 34 heavy (non-hydrogen) atoms. The van der Waals surface area contributed by atoms with Crippen LogP contribution in [0.25, 0.3) is 0 Å². The Morgan fingerprint density at radius 2 is 1.76 bits per heavy atom. The molecular formula is C28H37ClN2O3. The van der Waals surface area contributed by atoms with Crippen molar-refractivity contribution in [3.8, 4) is 5.75 Å². The summed E-state index contributed by atoms with van der Waals surface area (Å²) in [5, 5.41) is 3.89. The van der Waals surface area contributed by atoms with Crippen LogP contribution in [-0.2, 0) is 16.0 Å². The number of benzene rings is 2. The molecule has 0 bridgehead atoms. The maximum Gasteiger partial charge on any atom is 0.243 e. The number of rotatable bonds is 12. The Balaban J connectivity index is 1.59. The monoisotopic (exact) mass is 484 g/mol. The summed E-state index contributed by atoms with van der Waals surface area (Å²) in [6.45, 7) is 2.94. The first-order valence-corrected chi connectivity index (χ1v) is 13.0. The second-order valence-electron chi connectivity index (χ2n) is 9.00. The van der Waals surface area contributed by atoms with Crippen LogP contribution in [0, 0.1) is 0 Å². The molecule has 1 aliphatic carbocycles. The van der Waals surface area contributed by atoms with Crippen molar-refractivity contribution in [2.75, 3.05) is 13.2 Å². The van der Waals surface area contributed by atoms with Gasteiger partial charge in [-0.2, -0.15) is 0 Å². The Morgan fingerprint density at radius 1 is 1.06 bits per heavy atom. The van der Waals surface area contributed by atoms with Gasteiger partial charge in [0.25, 0.3) is 0 Å². The maximum atomic E-state index is 13.3. The molecule has 0 heterocycles. The fourth-order valence-electron chi connectivity index (χ4n) is 4.53. The van der Waals surface area contributed by atoms with Gasteiger partial charge < -0.3 is 15.0 Å². The second kappa shape index (κ2) is 14.0. The van der Waals surface area contributed by atoms with Crippen molar-refractivity contribution in [2.24, 2.45) is 0 Å². The predicted molar refractivity (Wildman–Crippen MR) is 137 cm³/mol. The summed E-state index contributed by atoms with van der Waals surface area (Å²) < 4.78 is 5.75. The number of nitrogens with zero attached hydrogens (tertiary/aromatic N) is 1. The SMILES string of the molecule is CC[C@H](C(=O)NC1CCCCC1)N(CCc1ccccc1)C(=O)CCCOc1ccc(Cl)cc1. The van der Waals surface area contributed by atoms with E-state index in [0.717, 1.165) is 43.4 Å². The molecular weight excluding hydrogens is 448 g/mol. The van der Waals surface area contributed by atoms with Crippen LogP contribution in [0.4, 0.5) is 0 Å². The Bertz CT molecular complexity index is 882. The summed E-state index contributed by atoms with van der Waals surface area (Å²) in [5.74, 6) is 0.714. The molecule has 1 saturated carbocycles. The number of halogens is 1. The van der Waals surface area contributed by atoms with Gasteiger partial charge in [-0.1, -0.05) is 68.1 Å². The quantitative estimate of drug-likeness (QED) is 0.387. The summed E-state index contributed by atoms with van der Waals surface area (Å²) in [6.07, 6.45) is 7.87. The molecule has 0 spiro atoms. The molecule has 2 aromatic rings. The van der Waals surface area contributed by atoms with Crippen LogP contribution in [0.15, 0.2) is 54.6 Å². The molecule has 0 aromatic heterocycles. The van der Waals surface area contributed by atoms with E-state index < -0.39 is 6.04 Å². The summed E-state index contributed by atoms with van der Waals surface area (Å²) in [4.78, 5) is 28.3. The highest BCUT2D eigenvalue weighted by atomic mass is 35.5. The summed E-state index contributed by atoms with van der Waals surface area (Å²) in [6, 6.07) is 17.1. The lowest BCUT2D eigenvalue weighted by Crippen LogP contribution is -2.52. The smallest absolute Gasteiger partial charge is 0.243 e. The van der Waals surface area contributed by atoms with E-state index in [-0.39, 0.29) is 17.9 Å². The largest absolute Gasteiger partial charge is 0.494 e. The summed E-state index contributed by atoms with van der Waals surface area (Å²) >= 11 is 5.92. The van der Waals surface area contributed by atoms with E-state index in [9.17, 15) is 9.59 Å². The Morgan fingerprint density at radius 3 is 2.44 bits per heavy atom. The number of hydrogen-bond donors (Lipinski definition) is 1. The van der Waals surface area contributed by atoms with Gasteiger partial charge in [0, 0.05) is 24.0 Å². The van der Waals surface area contributed by atoms with Crippen molar-refractivity contribution < 1.29 is 14.3 Å². The molecule has 1 fully saturated rings. The molecule has 1 N–H and O–H groups in total. The van der Waals surface area contributed by atoms with Gasteiger partial charge in [0.1, 0.15) is 11.8 Å². The van der Waals surface area contributed by atoms with E-state index in [1.54, 1.807) is 17.0 Å². The summed E-state index contributed by atoms with van der Waals surface area (Å²) in [7, 11) is 0. The van der Waals surface area contributed by atoms with Crippen LogP contribution in [0.1, 0.15) is 63.9 Å². The van der Waals surface area contributed by atoms with Crippen LogP contribution < -0.4 is 10.1 Å². The molecule has 2 aromatic carbocycles. The lowest BCUT2D eigenvalue weighted by Gasteiger charge is -2.33. The molecule has 0 radical (unpaired) electrons. The van der Waals surface area contributed by atoms with E-state index in [1.165, 1.54) is 6.42 Å². The lowest BCUT2D eigenvalue weighted by atomic mass is 9.95. The first kappa shape index (κ1) is 26.1. The fraction of sp³-hybridized carbons (Fsp3) is 0.500. The number of amides is 2. The van der Waals surface area contributed by atoms with Gasteiger partial charge in [-0.05, 0) is 61.9 Å². The van der Waals surface area contributed by atoms with Gasteiger partial charge in [0.05, 0.1) is 6.61 Å². The first-order chi connectivity index (χ1) is 16.6. The normalized spacial score (nSPS) is 14.9. The number of carbonyl (C=O) groups is 2. The highest BCUT2D eigenvalue weighted by Crippen LogP contribution is 2.19. The fourth-order valence-corrected chi connectivity index (χ4v) is 4.65. The van der Waals surface area contributed by atoms with Crippen molar-refractivity contribution in [2.45, 2.75) is 76.8 Å². The minimum atomic E-state index is -0.449. The summed E-state index contributed by atoms with van der Waals surface area (Å²) in [5.41, 5.74) is 1.16. The molecule has 3 rings (SSSR count). The molecule has 0 saturated heterocycles. The van der Waals surface area contributed by atoms with Crippen molar-refractivity contribution >= 4 is 23.4 Å². The average Bonchev–Trinajstić information content (AvgIpc) is 2.86. The van der Waals surface area contributed by atoms with Crippen LogP contribution in [-0.4, -0.2) is 41.9 Å². The van der Waals surface area contributed by atoms with Crippen molar-refractivity contribution in [1.82, 2.24) is 10.2 Å². The van der Waals surface area contributed by atoms with Gasteiger partial charge >= 0.3 is 0 Å².